The van der Waals surface area contributed by atoms with E-state index in [9.17, 15) is 9.59 Å². The predicted molar refractivity (Wildman–Crippen MR) is 142 cm³/mol. The molecule has 8 nitrogen and oxygen atoms in total. The SMILES string of the molecule is C=Cc1ccc(C)cc1COc1ccccc1CN=C(NC(=O)OC(C)(C)C)NC(=O)OC(C)(C)C. The van der Waals surface area contributed by atoms with Crippen LogP contribution < -0.4 is 15.4 Å². The number of ether oxygens (including phenoxy) is 3. The van der Waals surface area contributed by atoms with Crippen LogP contribution in [0.2, 0.25) is 0 Å². The number of amides is 2. The van der Waals surface area contributed by atoms with Gasteiger partial charge in [0.25, 0.3) is 0 Å². The van der Waals surface area contributed by atoms with Gasteiger partial charge in [0.05, 0.1) is 6.54 Å². The van der Waals surface area contributed by atoms with Crippen molar-refractivity contribution < 1.29 is 23.8 Å². The van der Waals surface area contributed by atoms with Crippen molar-refractivity contribution in [2.24, 2.45) is 4.99 Å². The first-order chi connectivity index (χ1) is 16.8. The fraction of sp³-hybridized carbons (Fsp3) is 0.393. The number of nitrogens with one attached hydrogen (secondary N) is 2. The number of nitrogens with zero attached hydrogens (tertiary/aromatic N) is 1. The summed E-state index contributed by atoms with van der Waals surface area (Å²) in [6.45, 7) is 16.8. The summed E-state index contributed by atoms with van der Waals surface area (Å²) in [5.74, 6) is 0.535. The van der Waals surface area contributed by atoms with Crippen molar-refractivity contribution in [3.63, 3.8) is 0 Å². The highest BCUT2D eigenvalue weighted by atomic mass is 16.6. The van der Waals surface area contributed by atoms with Gasteiger partial charge < -0.3 is 14.2 Å². The van der Waals surface area contributed by atoms with E-state index >= 15 is 0 Å². The highest BCUT2D eigenvalue weighted by molar-refractivity contribution is 6.01. The molecular formula is C28H37N3O5. The Labute approximate surface area is 213 Å². The van der Waals surface area contributed by atoms with Crippen LogP contribution in [-0.4, -0.2) is 29.3 Å². The summed E-state index contributed by atoms with van der Waals surface area (Å²) in [5, 5.41) is 4.97. The molecule has 8 heteroatoms. The van der Waals surface area contributed by atoms with Crippen LogP contribution in [0.5, 0.6) is 5.75 Å². The minimum atomic E-state index is -0.752. The Hall–Kier alpha value is -3.81. The van der Waals surface area contributed by atoms with Crippen molar-refractivity contribution >= 4 is 24.2 Å². The summed E-state index contributed by atoms with van der Waals surface area (Å²) in [6.07, 6.45) is 0.294. The largest absolute Gasteiger partial charge is 0.489 e. The molecule has 2 amide bonds. The highest BCUT2D eigenvalue weighted by Crippen LogP contribution is 2.22. The van der Waals surface area contributed by atoms with Crippen molar-refractivity contribution in [3.05, 3.63) is 71.3 Å². The van der Waals surface area contributed by atoms with Crippen LogP contribution >= 0.6 is 0 Å². The normalized spacial score (nSPS) is 11.2. The summed E-state index contributed by atoms with van der Waals surface area (Å²) >= 11 is 0. The predicted octanol–water partition coefficient (Wildman–Crippen LogP) is 6.12. The lowest BCUT2D eigenvalue weighted by molar-refractivity contribution is 0.0545. The molecule has 2 rings (SSSR count). The first kappa shape index (κ1) is 28.4. The van der Waals surface area contributed by atoms with Gasteiger partial charge in [-0.2, -0.15) is 0 Å². The number of para-hydroxylation sites is 1. The second-order valence-corrected chi connectivity index (χ2v) is 10.2. The molecule has 0 radical (unpaired) electrons. The molecule has 0 spiro atoms. The van der Waals surface area contributed by atoms with Gasteiger partial charge in [0, 0.05) is 5.56 Å². The van der Waals surface area contributed by atoms with Crippen LogP contribution in [0.15, 0.2) is 54.0 Å². The molecule has 0 unspecified atom stereocenters. The molecular weight excluding hydrogens is 458 g/mol. The molecule has 194 valence electrons. The number of aryl methyl sites for hydroxylation is 1. The topological polar surface area (TPSA) is 98.3 Å². The molecule has 0 fully saturated rings. The van der Waals surface area contributed by atoms with Gasteiger partial charge in [-0.15, -0.1) is 0 Å². The van der Waals surface area contributed by atoms with Gasteiger partial charge >= 0.3 is 12.2 Å². The molecule has 0 saturated heterocycles. The molecule has 0 bridgehead atoms. The van der Waals surface area contributed by atoms with Gasteiger partial charge in [-0.25, -0.2) is 14.6 Å². The molecule has 2 aromatic carbocycles. The van der Waals surface area contributed by atoms with Gasteiger partial charge in [0.1, 0.15) is 23.6 Å². The summed E-state index contributed by atoms with van der Waals surface area (Å²) < 4.78 is 16.7. The minimum Gasteiger partial charge on any atom is -0.489 e. The quantitative estimate of drug-likeness (QED) is 0.371. The second-order valence-electron chi connectivity index (χ2n) is 10.2. The molecule has 36 heavy (non-hydrogen) atoms. The van der Waals surface area contributed by atoms with Crippen LogP contribution in [0.25, 0.3) is 6.08 Å². The molecule has 0 aromatic heterocycles. The zero-order valence-corrected chi connectivity index (χ0v) is 22.2. The van der Waals surface area contributed by atoms with Gasteiger partial charge in [-0.3, -0.25) is 10.6 Å². The first-order valence-corrected chi connectivity index (χ1v) is 11.7. The lowest BCUT2D eigenvalue weighted by atomic mass is 10.1. The molecule has 2 aromatic rings. The number of aliphatic imine (C=N–C) groups is 1. The third kappa shape index (κ3) is 10.2. The van der Waals surface area contributed by atoms with E-state index < -0.39 is 23.4 Å². The standard InChI is InChI=1S/C28H37N3O5/c1-9-20-15-14-19(2)16-22(20)18-34-23-13-11-10-12-21(23)17-29-24(30-25(32)35-27(3,4)5)31-26(33)36-28(6,7)8/h9-16H,1,17-18H2,2-8H3,(H2,29,30,31,32,33). The summed E-state index contributed by atoms with van der Waals surface area (Å²) in [4.78, 5) is 29.0. The third-order valence-electron chi connectivity index (χ3n) is 4.52. The van der Waals surface area contributed by atoms with Crippen molar-refractivity contribution in [2.45, 2.75) is 72.8 Å². The van der Waals surface area contributed by atoms with Crippen LogP contribution in [0, 0.1) is 6.92 Å². The Morgan fingerprint density at radius 1 is 0.917 bits per heavy atom. The number of benzene rings is 2. The number of hydrogen-bond acceptors (Lipinski definition) is 6. The molecule has 0 saturated carbocycles. The molecule has 0 aliphatic heterocycles. The zero-order chi connectivity index (χ0) is 26.9. The summed E-state index contributed by atoms with van der Waals surface area (Å²) in [5.41, 5.74) is 2.47. The van der Waals surface area contributed by atoms with E-state index in [0.717, 1.165) is 22.3 Å². The van der Waals surface area contributed by atoms with Crippen LogP contribution in [0.3, 0.4) is 0 Å². The van der Waals surface area contributed by atoms with Crippen molar-refractivity contribution in [3.8, 4) is 5.75 Å². The number of alkyl carbamates (subject to hydrolysis) is 2. The number of rotatable bonds is 6. The van der Waals surface area contributed by atoms with E-state index in [1.54, 1.807) is 47.6 Å². The molecule has 0 atom stereocenters. The van der Waals surface area contributed by atoms with Crippen molar-refractivity contribution in [1.82, 2.24) is 10.6 Å². The number of hydrogen-bond donors (Lipinski definition) is 2. The van der Waals surface area contributed by atoms with Crippen molar-refractivity contribution in [2.75, 3.05) is 0 Å². The lowest BCUT2D eigenvalue weighted by Gasteiger charge is -2.22. The fourth-order valence-corrected chi connectivity index (χ4v) is 3.06. The molecule has 0 aliphatic carbocycles. The Bertz CT molecular complexity index is 1080. The summed E-state index contributed by atoms with van der Waals surface area (Å²) in [6, 6.07) is 13.5. The van der Waals surface area contributed by atoms with Gasteiger partial charge in [0.2, 0.25) is 5.96 Å². The highest BCUT2D eigenvalue weighted by Gasteiger charge is 2.21. The van der Waals surface area contributed by atoms with Gasteiger partial charge in [-0.05, 0) is 65.7 Å². The third-order valence-corrected chi connectivity index (χ3v) is 4.52. The molecule has 0 heterocycles. The van der Waals surface area contributed by atoms with Crippen molar-refractivity contribution in [1.29, 1.82) is 0 Å². The average Bonchev–Trinajstić information content (AvgIpc) is 2.74. The van der Waals surface area contributed by atoms with Crippen LogP contribution in [0.1, 0.15) is 63.8 Å². The number of guanidine groups is 1. The number of carbonyl (C=O) groups excluding carboxylic acids is 2. The van der Waals surface area contributed by atoms with Crippen LogP contribution in [0.4, 0.5) is 9.59 Å². The smallest absolute Gasteiger partial charge is 0.414 e. The minimum absolute atomic E-state index is 0.0964. The zero-order valence-electron chi connectivity index (χ0n) is 22.2. The Morgan fingerprint density at radius 2 is 1.50 bits per heavy atom. The van der Waals surface area contributed by atoms with Gasteiger partial charge in [0.15, 0.2) is 0 Å². The lowest BCUT2D eigenvalue weighted by Crippen LogP contribution is -2.47. The van der Waals surface area contributed by atoms with E-state index in [2.05, 4.69) is 28.3 Å². The Kier molecular flexibility index (Phi) is 9.67. The summed E-state index contributed by atoms with van der Waals surface area (Å²) in [7, 11) is 0. The number of carbonyl (C=O) groups is 2. The van der Waals surface area contributed by atoms with E-state index in [4.69, 9.17) is 14.2 Å². The maximum atomic E-state index is 12.3. The molecule has 0 aliphatic rings. The average molecular weight is 496 g/mol. The maximum absolute atomic E-state index is 12.3. The van der Waals surface area contributed by atoms with E-state index in [1.165, 1.54) is 0 Å². The maximum Gasteiger partial charge on any atom is 0.414 e. The van der Waals surface area contributed by atoms with E-state index in [0.29, 0.717) is 12.4 Å². The van der Waals surface area contributed by atoms with Crippen LogP contribution in [-0.2, 0) is 22.6 Å². The second kappa shape index (κ2) is 12.2. The fourth-order valence-electron chi connectivity index (χ4n) is 3.06. The van der Waals surface area contributed by atoms with Gasteiger partial charge in [-0.1, -0.05) is 54.6 Å². The van der Waals surface area contributed by atoms with E-state index in [-0.39, 0.29) is 12.5 Å². The van der Waals surface area contributed by atoms with E-state index in [1.807, 2.05) is 43.3 Å². The monoisotopic (exact) mass is 495 g/mol. The molecule has 2 N–H and O–H groups in total. The Morgan fingerprint density at radius 3 is 2.06 bits per heavy atom. The first-order valence-electron chi connectivity index (χ1n) is 11.7. The Balaban J connectivity index is 2.22.